The molecule has 124 valence electrons. The molecule has 0 amide bonds. The van der Waals surface area contributed by atoms with E-state index in [2.05, 4.69) is 4.74 Å². The molecule has 0 aliphatic carbocycles. The van der Waals surface area contributed by atoms with E-state index in [0.717, 1.165) is 24.3 Å². The summed E-state index contributed by atoms with van der Waals surface area (Å²) >= 11 is 0. The molecular formula is C15H6N2O8. The number of non-ortho nitro benzene ring substituents is 2. The van der Waals surface area contributed by atoms with Crippen LogP contribution in [0.5, 0.6) is 0 Å². The molecule has 0 saturated heterocycles. The van der Waals surface area contributed by atoms with Crippen LogP contribution in [0.4, 0.5) is 11.4 Å². The van der Waals surface area contributed by atoms with Gasteiger partial charge in [-0.1, -0.05) is 6.07 Å². The Morgan fingerprint density at radius 1 is 0.800 bits per heavy atom. The lowest BCUT2D eigenvalue weighted by molar-refractivity contribution is -0.394. The lowest BCUT2D eigenvalue weighted by Gasteiger charge is -2.03. The predicted octanol–water partition coefficient (Wildman–Crippen LogP) is 2.04. The number of ether oxygens (including phenoxy) is 1. The Balaban J connectivity index is 2.09. The number of cyclic esters (lactones) is 2. The third-order valence-electron chi connectivity index (χ3n) is 3.49. The number of nitrogens with zero attached hydrogens (tertiary/aromatic N) is 2. The molecular weight excluding hydrogens is 336 g/mol. The summed E-state index contributed by atoms with van der Waals surface area (Å²) in [6.45, 7) is 0. The molecule has 0 N–H and O–H groups in total. The van der Waals surface area contributed by atoms with Gasteiger partial charge >= 0.3 is 11.9 Å². The van der Waals surface area contributed by atoms with E-state index in [0.29, 0.717) is 0 Å². The fourth-order valence-corrected chi connectivity index (χ4v) is 2.33. The summed E-state index contributed by atoms with van der Waals surface area (Å²) < 4.78 is 4.41. The number of hydrogen-bond donors (Lipinski definition) is 0. The largest absolute Gasteiger partial charge is 0.386 e. The Morgan fingerprint density at radius 3 is 1.92 bits per heavy atom. The van der Waals surface area contributed by atoms with Crippen LogP contribution in [0.3, 0.4) is 0 Å². The molecule has 2 aromatic carbocycles. The standard InChI is InChI=1S/C15H6N2O8/c18-13(7-1-2-11-12(5-7)15(20)25-14(11)19)8-3-9(16(21)22)6-10(4-8)17(23)24/h1-6H. The van der Waals surface area contributed by atoms with E-state index in [1.54, 1.807) is 0 Å². The number of carbonyl (C=O) groups is 3. The van der Waals surface area contributed by atoms with E-state index in [-0.39, 0.29) is 22.3 Å². The molecule has 1 aliphatic rings. The smallest absolute Gasteiger partial charge is 0.346 e. The second-order valence-electron chi connectivity index (χ2n) is 5.02. The average Bonchev–Trinajstić information content (AvgIpc) is 2.87. The Morgan fingerprint density at radius 2 is 1.36 bits per heavy atom. The SMILES string of the molecule is O=C(c1cc([N+](=O)[O-])cc([N+](=O)[O-])c1)c1ccc2c(c1)C(=O)OC2=O. The number of carbonyl (C=O) groups excluding carboxylic acids is 3. The van der Waals surface area contributed by atoms with Gasteiger partial charge in [-0.05, 0) is 12.1 Å². The van der Waals surface area contributed by atoms with Crippen LogP contribution in [-0.2, 0) is 4.74 Å². The van der Waals surface area contributed by atoms with Crippen LogP contribution >= 0.6 is 0 Å². The maximum Gasteiger partial charge on any atom is 0.346 e. The highest BCUT2D eigenvalue weighted by molar-refractivity contribution is 6.17. The molecule has 0 saturated carbocycles. The maximum atomic E-state index is 12.5. The van der Waals surface area contributed by atoms with Gasteiger partial charge < -0.3 is 4.74 Å². The van der Waals surface area contributed by atoms with Crippen molar-refractivity contribution in [3.05, 3.63) is 78.9 Å². The molecule has 0 unspecified atom stereocenters. The van der Waals surface area contributed by atoms with Crippen LogP contribution in [0.25, 0.3) is 0 Å². The van der Waals surface area contributed by atoms with Crippen molar-refractivity contribution in [3.63, 3.8) is 0 Å². The van der Waals surface area contributed by atoms with Crippen molar-refractivity contribution in [2.75, 3.05) is 0 Å². The number of fused-ring (bicyclic) bond motifs is 1. The summed E-state index contributed by atoms with van der Waals surface area (Å²) in [7, 11) is 0. The van der Waals surface area contributed by atoms with E-state index < -0.39 is 38.9 Å². The minimum absolute atomic E-state index is 0.00780. The first-order chi connectivity index (χ1) is 11.8. The summed E-state index contributed by atoms with van der Waals surface area (Å²) in [5.74, 6) is -2.54. The van der Waals surface area contributed by atoms with Crippen LogP contribution in [0.2, 0.25) is 0 Å². The third kappa shape index (κ3) is 2.72. The van der Waals surface area contributed by atoms with Gasteiger partial charge in [0.15, 0.2) is 5.78 Å². The van der Waals surface area contributed by atoms with Crippen LogP contribution in [-0.4, -0.2) is 27.6 Å². The van der Waals surface area contributed by atoms with E-state index in [1.165, 1.54) is 12.1 Å². The van der Waals surface area contributed by atoms with Gasteiger partial charge in [0.1, 0.15) is 0 Å². The number of hydrogen-bond acceptors (Lipinski definition) is 8. The first-order valence-electron chi connectivity index (χ1n) is 6.67. The highest BCUT2D eigenvalue weighted by Gasteiger charge is 2.31. The van der Waals surface area contributed by atoms with Gasteiger partial charge in [-0.2, -0.15) is 0 Å². The van der Waals surface area contributed by atoms with Crippen molar-refractivity contribution in [3.8, 4) is 0 Å². The summed E-state index contributed by atoms with van der Waals surface area (Å²) in [4.78, 5) is 55.5. The van der Waals surface area contributed by atoms with Crippen molar-refractivity contribution in [2.45, 2.75) is 0 Å². The molecule has 0 bridgehead atoms. The minimum Gasteiger partial charge on any atom is -0.386 e. The van der Waals surface area contributed by atoms with Crippen LogP contribution in [0.15, 0.2) is 36.4 Å². The zero-order valence-electron chi connectivity index (χ0n) is 12.1. The molecule has 10 nitrogen and oxygen atoms in total. The monoisotopic (exact) mass is 342 g/mol. The molecule has 0 aromatic heterocycles. The van der Waals surface area contributed by atoms with E-state index in [1.807, 2.05) is 0 Å². The Kier molecular flexibility index (Phi) is 3.57. The second kappa shape index (κ2) is 5.60. The topological polar surface area (TPSA) is 147 Å². The van der Waals surface area contributed by atoms with Crippen molar-refractivity contribution in [1.82, 2.24) is 0 Å². The molecule has 3 rings (SSSR count). The summed E-state index contributed by atoms with van der Waals surface area (Å²) in [6.07, 6.45) is 0. The van der Waals surface area contributed by atoms with E-state index in [4.69, 9.17) is 0 Å². The highest BCUT2D eigenvalue weighted by atomic mass is 16.6. The molecule has 0 spiro atoms. The molecule has 0 atom stereocenters. The van der Waals surface area contributed by atoms with Crippen LogP contribution < -0.4 is 0 Å². The molecule has 25 heavy (non-hydrogen) atoms. The summed E-state index contributed by atoms with van der Waals surface area (Å²) in [6, 6.07) is 6.07. The number of ketones is 1. The number of nitro groups is 2. The summed E-state index contributed by atoms with van der Waals surface area (Å²) in [5.41, 5.74) is -1.72. The zero-order chi connectivity index (χ0) is 18.3. The molecule has 10 heteroatoms. The number of rotatable bonds is 4. The number of esters is 2. The minimum atomic E-state index is -0.917. The van der Waals surface area contributed by atoms with Gasteiger partial charge in [0.05, 0.1) is 27.0 Å². The molecule has 1 aliphatic heterocycles. The molecule has 0 fully saturated rings. The molecule has 0 radical (unpaired) electrons. The fourth-order valence-electron chi connectivity index (χ4n) is 2.33. The zero-order valence-corrected chi connectivity index (χ0v) is 12.1. The number of benzene rings is 2. The lowest BCUT2D eigenvalue weighted by Crippen LogP contribution is -2.05. The van der Waals surface area contributed by atoms with Crippen LogP contribution in [0.1, 0.15) is 36.6 Å². The normalized spacial score (nSPS) is 12.5. The molecule has 1 heterocycles. The Labute approximate surface area is 137 Å². The Bertz CT molecular complexity index is 963. The van der Waals surface area contributed by atoms with Gasteiger partial charge in [-0.3, -0.25) is 25.0 Å². The molecule has 2 aromatic rings. The first kappa shape index (κ1) is 15.9. The van der Waals surface area contributed by atoms with Crippen molar-refractivity contribution < 1.29 is 29.0 Å². The van der Waals surface area contributed by atoms with Crippen molar-refractivity contribution in [2.24, 2.45) is 0 Å². The van der Waals surface area contributed by atoms with Gasteiger partial charge in [-0.25, -0.2) is 9.59 Å². The predicted molar refractivity (Wildman–Crippen MR) is 79.4 cm³/mol. The summed E-state index contributed by atoms with van der Waals surface area (Å²) in [5, 5.41) is 21.8. The van der Waals surface area contributed by atoms with Gasteiger partial charge in [-0.15, -0.1) is 0 Å². The maximum absolute atomic E-state index is 12.5. The van der Waals surface area contributed by atoms with E-state index >= 15 is 0 Å². The fraction of sp³-hybridized carbons (Fsp3) is 0. The average molecular weight is 342 g/mol. The van der Waals surface area contributed by atoms with Crippen LogP contribution in [0, 0.1) is 20.2 Å². The van der Waals surface area contributed by atoms with E-state index in [9.17, 15) is 34.6 Å². The second-order valence-corrected chi connectivity index (χ2v) is 5.02. The third-order valence-corrected chi connectivity index (χ3v) is 3.49. The highest BCUT2D eigenvalue weighted by Crippen LogP contribution is 2.26. The van der Waals surface area contributed by atoms with Gasteiger partial charge in [0.2, 0.25) is 0 Å². The quantitative estimate of drug-likeness (QED) is 0.269. The van der Waals surface area contributed by atoms with Gasteiger partial charge in [0, 0.05) is 23.3 Å². The lowest BCUT2D eigenvalue weighted by atomic mass is 9.98. The first-order valence-corrected chi connectivity index (χ1v) is 6.67. The number of nitro benzene ring substituents is 2. The van der Waals surface area contributed by atoms with Gasteiger partial charge in [0.25, 0.3) is 11.4 Å². The Hall–Kier alpha value is -3.95. The van der Waals surface area contributed by atoms with Crippen molar-refractivity contribution in [1.29, 1.82) is 0 Å². The van der Waals surface area contributed by atoms with Crippen molar-refractivity contribution >= 4 is 29.1 Å².